The molecule has 0 bridgehead atoms. The molecule has 1 heterocycles. The van der Waals surface area contributed by atoms with Crippen LogP contribution in [0.3, 0.4) is 0 Å². The van der Waals surface area contributed by atoms with Gasteiger partial charge in [-0.05, 0) is 38.0 Å². The molecule has 0 amide bonds. The van der Waals surface area contributed by atoms with Crippen molar-refractivity contribution in [3.63, 3.8) is 0 Å². The van der Waals surface area contributed by atoms with Gasteiger partial charge in [-0.2, -0.15) is 4.31 Å². The lowest BCUT2D eigenvalue weighted by atomic mass is 10.1. The van der Waals surface area contributed by atoms with Crippen LogP contribution in [0.5, 0.6) is 0 Å². The topological polar surface area (TPSA) is 63.4 Å². The first-order valence-corrected chi connectivity index (χ1v) is 8.30. The summed E-state index contributed by atoms with van der Waals surface area (Å²) in [6.07, 6.45) is 2.94. The van der Waals surface area contributed by atoms with Crippen molar-refractivity contribution in [3.8, 4) is 11.8 Å². The predicted octanol–water partition coefficient (Wildman–Crippen LogP) is 1.56. The molecule has 2 rings (SSSR count). The number of rotatable bonds is 2. The zero-order chi connectivity index (χ0) is 14.6. The summed E-state index contributed by atoms with van der Waals surface area (Å²) in [6, 6.07) is 6.83. The van der Waals surface area contributed by atoms with E-state index in [0.717, 1.165) is 19.3 Å². The Morgan fingerprint density at radius 3 is 2.90 bits per heavy atom. The van der Waals surface area contributed by atoms with Crippen LogP contribution in [0.1, 0.15) is 31.7 Å². The van der Waals surface area contributed by atoms with Crippen LogP contribution in [0, 0.1) is 11.8 Å². The van der Waals surface area contributed by atoms with Crippen LogP contribution in [-0.4, -0.2) is 31.9 Å². The van der Waals surface area contributed by atoms with E-state index in [1.165, 1.54) is 0 Å². The Kier molecular flexibility index (Phi) is 4.81. The van der Waals surface area contributed by atoms with Crippen molar-refractivity contribution in [1.29, 1.82) is 0 Å². The van der Waals surface area contributed by atoms with E-state index in [4.69, 9.17) is 5.73 Å². The fourth-order valence-electron chi connectivity index (χ4n) is 2.45. The van der Waals surface area contributed by atoms with Crippen molar-refractivity contribution in [2.75, 3.05) is 13.1 Å². The number of nitrogens with two attached hydrogens (primary N) is 1. The number of hydrogen-bond acceptors (Lipinski definition) is 3. The molecule has 1 aliphatic heterocycles. The Hall–Kier alpha value is -1.35. The molecule has 1 atom stereocenters. The standard InChI is InChI=1S/C15H20N2O2S/c1-13-6-2-3-11-17(13)20(18,19)15-9-4-7-14(12-15)8-5-10-16/h4,7,9,12-13H,2-3,6,10-11,16H2,1H3. The van der Waals surface area contributed by atoms with Gasteiger partial charge in [0.2, 0.25) is 10.0 Å². The minimum absolute atomic E-state index is 0.0625. The van der Waals surface area contributed by atoms with E-state index in [0.29, 0.717) is 17.0 Å². The lowest BCUT2D eigenvalue weighted by Crippen LogP contribution is -2.41. The molecule has 1 aromatic rings. The third-order valence-electron chi connectivity index (χ3n) is 3.52. The van der Waals surface area contributed by atoms with Gasteiger partial charge >= 0.3 is 0 Å². The number of sulfonamides is 1. The molecule has 1 aromatic carbocycles. The van der Waals surface area contributed by atoms with Gasteiger partial charge in [-0.15, -0.1) is 0 Å². The van der Waals surface area contributed by atoms with Gasteiger partial charge in [0.25, 0.3) is 0 Å². The Bertz CT molecular complexity index is 629. The first-order valence-electron chi connectivity index (χ1n) is 6.86. The first-order chi connectivity index (χ1) is 9.55. The maximum atomic E-state index is 12.7. The van der Waals surface area contributed by atoms with Crippen molar-refractivity contribution in [1.82, 2.24) is 4.31 Å². The van der Waals surface area contributed by atoms with Gasteiger partial charge < -0.3 is 5.73 Å². The summed E-state index contributed by atoms with van der Waals surface area (Å²) in [5.41, 5.74) is 6.02. The summed E-state index contributed by atoms with van der Waals surface area (Å²) in [4.78, 5) is 0.315. The monoisotopic (exact) mass is 292 g/mol. The molecule has 1 fully saturated rings. The second kappa shape index (κ2) is 6.40. The van der Waals surface area contributed by atoms with Crippen LogP contribution in [-0.2, 0) is 10.0 Å². The fourth-order valence-corrected chi connectivity index (χ4v) is 4.20. The minimum Gasteiger partial charge on any atom is -0.320 e. The molecule has 0 radical (unpaired) electrons. The molecule has 20 heavy (non-hydrogen) atoms. The lowest BCUT2D eigenvalue weighted by molar-refractivity contribution is 0.268. The summed E-state index contributed by atoms with van der Waals surface area (Å²) in [7, 11) is -3.42. The quantitative estimate of drug-likeness (QED) is 0.841. The highest BCUT2D eigenvalue weighted by Gasteiger charge is 2.30. The molecule has 108 valence electrons. The van der Waals surface area contributed by atoms with Crippen LogP contribution in [0.15, 0.2) is 29.2 Å². The van der Waals surface area contributed by atoms with Crippen molar-refractivity contribution >= 4 is 10.0 Å². The highest BCUT2D eigenvalue weighted by Crippen LogP contribution is 2.25. The zero-order valence-corrected chi connectivity index (χ0v) is 12.5. The molecule has 1 saturated heterocycles. The molecule has 4 nitrogen and oxygen atoms in total. The van der Waals surface area contributed by atoms with Crippen LogP contribution in [0.25, 0.3) is 0 Å². The van der Waals surface area contributed by atoms with Gasteiger partial charge in [0, 0.05) is 18.2 Å². The molecule has 0 aromatic heterocycles. The number of piperidine rings is 1. The van der Waals surface area contributed by atoms with Crippen molar-refractivity contribution in [2.24, 2.45) is 5.73 Å². The second-order valence-corrected chi connectivity index (χ2v) is 6.88. The van der Waals surface area contributed by atoms with Crippen molar-refractivity contribution in [3.05, 3.63) is 29.8 Å². The Morgan fingerprint density at radius 2 is 2.20 bits per heavy atom. The number of benzene rings is 1. The summed E-state index contributed by atoms with van der Waals surface area (Å²) in [5, 5.41) is 0. The van der Waals surface area contributed by atoms with Crippen LogP contribution in [0.2, 0.25) is 0 Å². The van der Waals surface area contributed by atoms with Gasteiger partial charge in [0.15, 0.2) is 0 Å². The molecule has 0 spiro atoms. The Balaban J connectivity index is 2.34. The van der Waals surface area contributed by atoms with Crippen LogP contribution < -0.4 is 5.73 Å². The fraction of sp³-hybridized carbons (Fsp3) is 0.467. The molecule has 5 heteroatoms. The second-order valence-electron chi connectivity index (χ2n) is 4.99. The predicted molar refractivity (Wildman–Crippen MR) is 79.6 cm³/mol. The third kappa shape index (κ3) is 3.21. The Labute approximate surface area is 121 Å². The van der Waals surface area contributed by atoms with E-state index in [1.807, 2.05) is 6.92 Å². The van der Waals surface area contributed by atoms with Crippen molar-refractivity contribution < 1.29 is 8.42 Å². The van der Waals surface area contributed by atoms with E-state index in [9.17, 15) is 8.42 Å². The van der Waals surface area contributed by atoms with E-state index in [1.54, 1.807) is 28.6 Å². The summed E-state index contributed by atoms with van der Waals surface area (Å²) in [5.74, 6) is 5.61. The molecule has 2 N–H and O–H groups in total. The average molecular weight is 292 g/mol. The van der Waals surface area contributed by atoms with Crippen molar-refractivity contribution in [2.45, 2.75) is 37.1 Å². The minimum atomic E-state index is -3.42. The SMILES string of the molecule is CC1CCCCN1S(=O)(=O)c1cccc(C#CCN)c1. The smallest absolute Gasteiger partial charge is 0.243 e. The maximum absolute atomic E-state index is 12.7. The maximum Gasteiger partial charge on any atom is 0.243 e. The average Bonchev–Trinajstić information content (AvgIpc) is 2.45. The molecule has 0 aliphatic carbocycles. The normalized spacial score (nSPS) is 20.2. The molecular weight excluding hydrogens is 272 g/mol. The van der Waals surface area contributed by atoms with E-state index >= 15 is 0 Å². The molecule has 1 unspecified atom stereocenters. The highest BCUT2D eigenvalue weighted by atomic mass is 32.2. The molecule has 0 saturated carbocycles. The lowest BCUT2D eigenvalue weighted by Gasteiger charge is -2.32. The van der Waals surface area contributed by atoms with Gasteiger partial charge in [-0.1, -0.05) is 24.3 Å². The Morgan fingerprint density at radius 1 is 1.40 bits per heavy atom. The number of nitrogens with zero attached hydrogens (tertiary/aromatic N) is 1. The summed E-state index contributed by atoms with van der Waals surface area (Å²) < 4.78 is 27.0. The van der Waals surface area contributed by atoms with E-state index < -0.39 is 10.0 Å². The van der Waals surface area contributed by atoms with Gasteiger partial charge in [0.1, 0.15) is 0 Å². The molecular formula is C15H20N2O2S. The van der Waals surface area contributed by atoms with Crippen LogP contribution >= 0.6 is 0 Å². The highest BCUT2D eigenvalue weighted by molar-refractivity contribution is 7.89. The third-order valence-corrected chi connectivity index (χ3v) is 5.53. The van der Waals surface area contributed by atoms with Gasteiger partial charge in [0.05, 0.1) is 11.4 Å². The van der Waals surface area contributed by atoms with Crippen LogP contribution in [0.4, 0.5) is 0 Å². The first kappa shape index (κ1) is 15.0. The number of hydrogen-bond donors (Lipinski definition) is 1. The zero-order valence-electron chi connectivity index (χ0n) is 11.7. The summed E-state index contributed by atoms with van der Waals surface area (Å²) in [6.45, 7) is 2.83. The summed E-state index contributed by atoms with van der Waals surface area (Å²) >= 11 is 0. The van der Waals surface area contributed by atoms with E-state index in [2.05, 4.69) is 11.8 Å². The van der Waals surface area contributed by atoms with Gasteiger partial charge in [-0.3, -0.25) is 0 Å². The largest absolute Gasteiger partial charge is 0.320 e. The van der Waals surface area contributed by atoms with E-state index in [-0.39, 0.29) is 12.6 Å². The van der Waals surface area contributed by atoms with Gasteiger partial charge in [-0.25, -0.2) is 8.42 Å². The molecule has 1 aliphatic rings.